The lowest BCUT2D eigenvalue weighted by Crippen LogP contribution is -2.61. The molecular weight excluding hydrogens is 748 g/mol. The second-order valence-electron chi connectivity index (χ2n) is 18.4. The maximum atomic E-state index is 14.6. The van der Waals surface area contributed by atoms with Gasteiger partial charge in [0.2, 0.25) is 0 Å². The van der Waals surface area contributed by atoms with Gasteiger partial charge in [0, 0.05) is 57.6 Å². The van der Waals surface area contributed by atoms with Gasteiger partial charge in [0.25, 0.3) is 0 Å². The van der Waals surface area contributed by atoms with E-state index in [0.717, 1.165) is 5.56 Å². The number of likely N-dealkylation sites (N-methyl/N-ethyl adjacent to an activating group) is 1. The standard InChI is InChI=1S/C44H74N2O12/c1-25-19-44(8,52-12)40(58-42-37(48)33(45(9)10)18-26(2)54-42)27(3)38(57-35-20-43(7,51-11)39(49)30(6)55-35)28(4)41(50)56-34-22-46(29(5)36(25)47)21-32(34)24-53-23-31-16-14-13-15-17-31/h13-17,25-30,32-40,42,47-49H,18-24H2,1-12H3/t25-,26-,27+,28-,29+,30+,32+,33+,34+,35+,36+,37-,38+,39+,40-,42+,43-,44+/m1/s1. The Morgan fingerprint density at radius 1 is 0.879 bits per heavy atom. The number of carbonyl (C=O) groups is 1. The van der Waals surface area contributed by atoms with E-state index >= 15 is 0 Å². The largest absolute Gasteiger partial charge is 0.460 e. The number of esters is 1. The first-order valence-electron chi connectivity index (χ1n) is 21.3. The molecule has 1 unspecified atom stereocenters. The van der Waals surface area contributed by atoms with Gasteiger partial charge in [-0.1, -0.05) is 44.2 Å². The van der Waals surface area contributed by atoms with E-state index in [1.54, 1.807) is 28.1 Å². The molecule has 4 aliphatic rings. The zero-order valence-electron chi connectivity index (χ0n) is 37.0. The van der Waals surface area contributed by atoms with Gasteiger partial charge in [0.05, 0.1) is 60.9 Å². The average molecular weight is 823 g/mol. The predicted molar refractivity (Wildman–Crippen MR) is 217 cm³/mol. The summed E-state index contributed by atoms with van der Waals surface area (Å²) in [6.07, 6.45) is -6.45. The quantitative estimate of drug-likeness (QED) is 0.278. The number of aliphatic hydroxyl groups excluding tert-OH is 3. The fourth-order valence-electron chi connectivity index (χ4n) is 9.82. The van der Waals surface area contributed by atoms with Crippen molar-refractivity contribution in [3.63, 3.8) is 0 Å². The van der Waals surface area contributed by atoms with Crippen molar-refractivity contribution in [3.8, 4) is 0 Å². The number of nitrogens with zero attached hydrogens (tertiary/aromatic N) is 2. The SMILES string of the molecule is CO[C@]1(C)C[C@H](O[C@H]2[C@H](C)[C@@H](O[C@@H]3O[C@H](C)C[C@H](N(C)C)[C@H]3O)[C@@](C)(OC)C[C@@H](C)[C@H](O)[C@H](C)N3C[C@@H](COCc4ccccc4)[C@H](C3)OC(=O)[C@@H]2C)O[C@@H](C)[C@@H]1O. The number of ether oxygens (including phenoxy) is 8. The van der Waals surface area contributed by atoms with Crippen molar-refractivity contribution in [2.45, 2.75) is 166 Å². The zero-order valence-corrected chi connectivity index (χ0v) is 37.0. The minimum Gasteiger partial charge on any atom is -0.460 e. The minimum absolute atomic E-state index is 0.143. The Balaban J connectivity index is 1.53. The normalized spacial score (nSPS) is 45.8. The van der Waals surface area contributed by atoms with E-state index < -0.39 is 84.3 Å². The van der Waals surface area contributed by atoms with Crippen LogP contribution in [0.4, 0.5) is 0 Å². The number of hydrogen-bond acceptors (Lipinski definition) is 14. The third kappa shape index (κ3) is 10.6. The van der Waals surface area contributed by atoms with Crippen LogP contribution in [0.15, 0.2) is 30.3 Å². The van der Waals surface area contributed by atoms with E-state index in [4.69, 9.17) is 37.9 Å². The molecule has 19 atom stereocenters. The van der Waals surface area contributed by atoms with E-state index in [1.807, 2.05) is 90.9 Å². The molecule has 14 nitrogen and oxygen atoms in total. The van der Waals surface area contributed by atoms with Crippen molar-refractivity contribution in [3.05, 3.63) is 35.9 Å². The lowest BCUT2D eigenvalue weighted by atomic mass is 9.76. The van der Waals surface area contributed by atoms with Crippen molar-refractivity contribution < 1.29 is 58.0 Å². The van der Waals surface area contributed by atoms with Crippen molar-refractivity contribution in [1.82, 2.24) is 9.80 Å². The van der Waals surface area contributed by atoms with Gasteiger partial charge in [-0.2, -0.15) is 0 Å². The van der Waals surface area contributed by atoms with Crippen LogP contribution in [-0.2, 0) is 49.3 Å². The first-order valence-corrected chi connectivity index (χ1v) is 21.3. The number of methoxy groups -OCH3 is 2. The van der Waals surface area contributed by atoms with Crippen LogP contribution in [0.1, 0.15) is 80.2 Å². The molecule has 1 aromatic carbocycles. The molecule has 0 spiro atoms. The number of carbonyl (C=O) groups excluding carboxylic acids is 1. The Morgan fingerprint density at radius 2 is 1.55 bits per heavy atom. The summed E-state index contributed by atoms with van der Waals surface area (Å²) in [5.41, 5.74) is -1.00. The molecule has 4 aliphatic heterocycles. The molecule has 4 heterocycles. The highest BCUT2D eigenvalue weighted by Crippen LogP contribution is 2.42. The summed E-state index contributed by atoms with van der Waals surface area (Å²) in [4.78, 5) is 18.7. The van der Waals surface area contributed by atoms with E-state index in [9.17, 15) is 20.1 Å². The van der Waals surface area contributed by atoms with Crippen molar-refractivity contribution >= 4 is 5.97 Å². The fraction of sp³-hybridized carbons (Fsp3) is 0.841. The number of rotatable bonds is 11. The fourth-order valence-corrected chi connectivity index (χ4v) is 9.82. The number of benzene rings is 1. The highest BCUT2D eigenvalue weighted by atomic mass is 16.7. The first-order chi connectivity index (χ1) is 27.3. The zero-order chi connectivity index (χ0) is 42.7. The van der Waals surface area contributed by atoms with E-state index in [1.165, 1.54) is 0 Å². The maximum absolute atomic E-state index is 14.6. The van der Waals surface area contributed by atoms with Crippen LogP contribution < -0.4 is 0 Å². The smallest absolute Gasteiger partial charge is 0.311 e. The van der Waals surface area contributed by atoms with Gasteiger partial charge >= 0.3 is 5.97 Å². The highest BCUT2D eigenvalue weighted by Gasteiger charge is 2.53. The van der Waals surface area contributed by atoms with Gasteiger partial charge < -0.3 is 58.1 Å². The third-order valence-electron chi connectivity index (χ3n) is 13.8. The molecule has 4 fully saturated rings. The summed E-state index contributed by atoms with van der Waals surface area (Å²) >= 11 is 0. The van der Waals surface area contributed by atoms with Gasteiger partial charge in [0.15, 0.2) is 12.6 Å². The number of aliphatic hydroxyl groups is 3. The summed E-state index contributed by atoms with van der Waals surface area (Å²) in [7, 11) is 7.02. The van der Waals surface area contributed by atoms with Gasteiger partial charge in [0.1, 0.15) is 18.3 Å². The monoisotopic (exact) mass is 823 g/mol. The van der Waals surface area contributed by atoms with E-state index in [2.05, 4.69) is 4.90 Å². The minimum atomic E-state index is -1.08. The maximum Gasteiger partial charge on any atom is 0.311 e. The molecule has 0 aromatic heterocycles. The molecule has 0 saturated carbocycles. The molecule has 3 N–H and O–H groups in total. The van der Waals surface area contributed by atoms with Gasteiger partial charge in [-0.25, -0.2) is 0 Å². The Kier molecular flexibility index (Phi) is 16.2. The van der Waals surface area contributed by atoms with Gasteiger partial charge in [-0.15, -0.1) is 0 Å². The summed E-state index contributed by atoms with van der Waals surface area (Å²) in [5, 5.41) is 34.8. The Morgan fingerprint density at radius 3 is 2.19 bits per heavy atom. The lowest BCUT2D eigenvalue weighted by Gasteiger charge is -2.50. The first kappa shape index (κ1) is 47.3. The summed E-state index contributed by atoms with van der Waals surface area (Å²) in [6, 6.07) is 9.45. The second-order valence-corrected chi connectivity index (χ2v) is 18.4. The lowest BCUT2D eigenvalue weighted by molar-refractivity contribution is -0.319. The second kappa shape index (κ2) is 19.9. The molecule has 0 amide bonds. The summed E-state index contributed by atoms with van der Waals surface area (Å²) in [5.74, 6) is -2.32. The van der Waals surface area contributed by atoms with Crippen LogP contribution in [0.3, 0.4) is 0 Å². The topological polar surface area (TPSA) is 158 Å². The molecule has 5 rings (SSSR count). The molecule has 1 aromatic rings. The van der Waals surface area contributed by atoms with Gasteiger partial charge in [-0.3, -0.25) is 9.69 Å². The number of fused-ring (bicyclic) bond motifs is 2. The molecule has 0 radical (unpaired) electrons. The van der Waals surface area contributed by atoms with Crippen molar-refractivity contribution in [2.24, 2.45) is 23.7 Å². The Bertz CT molecular complexity index is 1440. The summed E-state index contributed by atoms with van der Waals surface area (Å²) in [6.45, 7) is 17.1. The number of hydrogen-bond donors (Lipinski definition) is 3. The van der Waals surface area contributed by atoms with Gasteiger partial charge in [-0.05, 0) is 80.0 Å². The van der Waals surface area contributed by atoms with Crippen LogP contribution >= 0.6 is 0 Å². The molecular formula is C44H74N2O12. The van der Waals surface area contributed by atoms with Crippen molar-refractivity contribution in [1.29, 1.82) is 0 Å². The van der Waals surface area contributed by atoms with Crippen LogP contribution in [0.2, 0.25) is 0 Å². The molecule has 58 heavy (non-hydrogen) atoms. The molecule has 14 heteroatoms. The molecule has 332 valence electrons. The van der Waals surface area contributed by atoms with Crippen LogP contribution in [0.5, 0.6) is 0 Å². The Hall–Kier alpha value is -1.79. The van der Waals surface area contributed by atoms with E-state index in [0.29, 0.717) is 39.1 Å². The predicted octanol–water partition coefficient (Wildman–Crippen LogP) is 3.61. The average Bonchev–Trinajstić information content (AvgIpc) is 3.59. The summed E-state index contributed by atoms with van der Waals surface area (Å²) < 4.78 is 51.4. The van der Waals surface area contributed by atoms with Crippen molar-refractivity contribution in [2.75, 3.05) is 48.0 Å². The molecule has 4 saturated heterocycles. The molecule has 2 bridgehead atoms. The third-order valence-corrected chi connectivity index (χ3v) is 13.8. The Labute approximate surface area is 346 Å². The van der Waals surface area contributed by atoms with E-state index in [-0.39, 0.29) is 36.4 Å². The van der Waals surface area contributed by atoms with Crippen LogP contribution in [-0.4, -0.2) is 164 Å². The molecule has 0 aliphatic carbocycles. The van der Waals surface area contributed by atoms with Crippen LogP contribution in [0, 0.1) is 23.7 Å². The highest BCUT2D eigenvalue weighted by molar-refractivity contribution is 5.73. The van der Waals surface area contributed by atoms with Crippen LogP contribution in [0.25, 0.3) is 0 Å².